The van der Waals surface area contributed by atoms with Gasteiger partial charge in [-0.1, -0.05) is 0 Å². The second-order valence-electron chi connectivity index (χ2n) is 4.81. The van der Waals surface area contributed by atoms with E-state index in [1.54, 1.807) is 0 Å². The number of amides is 1. The van der Waals surface area contributed by atoms with Crippen LogP contribution < -0.4 is 5.32 Å². The summed E-state index contributed by atoms with van der Waals surface area (Å²) >= 11 is 0. The largest absolute Gasteiger partial charge is 0.353 e. The zero-order valence-electron chi connectivity index (χ0n) is 7.25. The smallest absolute Gasteiger partial charge is 0.223 e. The van der Waals surface area contributed by atoms with Gasteiger partial charge in [0.25, 0.3) is 0 Å². The number of carbonyl (C=O) groups is 1. The molecule has 2 heterocycles. The molecule has 4 atom stereocenters. The van der Waals surface area contributed by atoms with Gasteiger partial charge < -0.3 is 5.32 Å². The highest BCUT2D eigenvalue weighted by Crippen LogP contribution is 2.44. The minimum Gasteiger partial charge on any atom is -0.353 e. The third-order valence-corrected chi connectivity index (χ3v) is 3.86. The summed E-state index contributed by atoms with van der Waals surface area (Å²) in [5, 5.41) is 3.16. The predicted molar refractivity (Wildman–Crippen MR) is 45.5 cm³/mol. The van der Waals surface area contributed by atoms with Crippen molar-refractivity contribution in [1.82, 2.24) is 5.32 Å². The van der Waals surface area contributed by atoms with Crippen LogP contribution in [0.15, 0.2) is 0 Å². The molecule has 12 heavy (non-hydrogen) atoms. The summed E-state index contributed by atoms with van der Waals surface area (Å²) in [6.45, 7) is 0. The molecule has 1 N–H and O–H groups in total. The van der Waals surface area contributed by atoms with Gasteiger partial charge in [-0.25, -0.2) is 0 Å². The van der Waals surface area contributed by atoms with Crippen LogP contribution >= 0.6 is 0 Å². The van der Waals surface area contributed by atoms with E-state index in [4.69, 9.17) is 0 Å². The lowest BCUT2D eigenvalue weighted by molar-refractivity contribution is -0.125. The Morgan fingerprint density at radius 1 is 1.00 bits per heavy atom. The summed E-state index contributed by atoms with van der Waals surface area (Å²) in [4.78, 5) is 11.6. The molecule has 2 nitrogen and oxygen atoms in total. The van der Waals surface area contributed by atoms with Gasteiger partial charge in [-0.05, 0) is 43.9 Å². The Balaban J connectivity index is 1.95. The second-order valence-corrected chi connectivity index (χ2v) is 4.81. The van der Waals surface area contributed by atoms with Gasteiger partial charge in [0.05, 0.1) is 0 Å². The molecule has 0 radical (unpaired) electrons. The molecule has 0 aromatic carbocycles. The van der Waals surface area contributed by atoms with Crippen LogP contribution in [0.4, 0.5) is 0 Å². The van der Waals surface area contributed by atoms with E-state index in [-0.39, 0.29) is 0 Å². The minimum absolute atomic E-state index is 0.352. The lowest BCUT2D eigenvalue weighted by atomic mass is 9.68. The molecule has 2 unspecified atom stereocenters. The molecule has 4 fully saturated rings. The molecule has 0 spiro atoms. The Kier molecular flexibility index (Phi) is 1.29. The standard InChI is InChI=1S/C10H15NO/c12-10-8-2-6-1-7(3-8)5-9(4-6)11-10/h6-9H,1-5H2,(H,11,12)/t6-,7+,8?,9?. The fraction of sp³-hybridized carbons (Fsp3) is 0.900. The van der Waals surface area contributed by atoms with E-state index in [2.05, 4.69) is 5.32 Å². The van der Waals surface area contributed by atoms with Gasteiger partial charge in [-0.15, -0.1) is 0 Å². The Morgan fingerprint density at radius 2 is 1.67 bits per heavy atom. The highest BCUT2D eigenvalue weighted by Gasteiger charge is 2.42. The minimum atomic E-state index is 0.352. The summed E-state index contributed by atoms with van der Waals surface area (Å²) in [6, 6.07) is 0.536. The van der Waals surface area contributed by atoms with Gasteiger partial charge in [-0.2, -0.15) is 0 Å². The van der Waals surface area contributed by atoms with Gasteiger partial charge in [0, 0.05) is 12.0 Å². The number of hydrogen-bond acceptors (Lipinski definition) is 1. The fourth-order valence-electron chi connectivity index (χ4n) is 3.50. The van der Waals surface area contributed by atoms with E-state index in [0.717, 1.165) is 11.8 Å². The Morgan fingerprint density at radius 3 is 2.33 bits per heavy atom. The highest BCUT2D eigenvalue weighted by molar-refractivity contribution is 5.79. The second kappa shape index (κ2) is 2.24. The molecule has 4 bridgehead atoms. The van der Waals surface area contributed by atoms with Gasteiger partial charge in [0.2, 0.25) is 5.91 Å². The number of carbonyl (C=O) groups excluding carboxylic acids is 1. The van der Waals surface area contributed by atoms with Crippen LogP contribution in [0.2, 0.25) is 0 Å². The molecular formula is C10H15NO. The van der Waals surface area contributed by atoms with Crippen molar-refractivity contribution in [3.63, 3.8) is 0 Å². The van der Waals surface area contributed by atoms with Crippen molar-refractivity contribution in [2.75, 3.05) is 0 Å². The molecule has 0 aromatic rings. The van der Waals surface area contributed by atoms with Crippen molar-refractivity contribution in [3.05, 3.63) is 0 Å². The average Bonchev–Trinajstić information content (AvgIpc) is 2.16. The van der Waals surface area contributed by atoms with Crippen LogP contribution in [-0.4, -0.2) is 11.9 Å². The molecule has 2 saturated heterocycles. The van der Waals surface area contributed by atoms with Crippen molar-refractivity contribution in [1.29, 1.82) is 0 Å². The average molecular weight is 165 g/mol. The molecule has 4 rings (SSSR count). The van der Waals surface area contributed by atoms with E-state index >= 15 is 0 Å². The maximum absolute atomic E-state index is 11.6. The summed E-state index contributed by atoms with van der Waals surface area (Å²) < 4.78 is 0. The SMILES string of the molecule is O=C1NC2C[C@@H]3CC1C[C@H](C2)C3. The van der Waals surface area contributed by atoms with E-state index < -0.39 is 0 Å². The topological polar surface area (TPSA) is 29.1 Å². The lowest BCUT2D eigenvalue weighted by Crippen LogP contribution is -2.35. The third-order valence-electron chi connectivity index (χ3n) is 3.86. The monoisotopic (exact) mass is 165 g/mol. The molecule has 2 aliphatic carbocycles. The molecule has 66 valence electrons. The van der Waals surface area contributed by atoms with Crippen LogP contribution in [0.1, 0.15) is 32.1 Å². The first kappa shape index (κ1) is 6.93. The zero-order valence-corrected chi connectivity index (χ0v) is 7.25. The summed E-state index contributed by atoms with van der Waals surface area (Å²) in [6.07, 6.45) is 6.29. The summed E-state index contributed by atoms with van der Waals surface area (Å²) in [5.74, 6) is 2.46. The molecule has 1 amide bonds. The van der Waals surface area contributed by atoms with Crippen molar-refractivity contribution >= 4 is 5.91 Å². The quantitative estimate of drug-likeness (QED) is 0.576. The molecule has 2 heteroatoms. The van der Waals surface area contributed by atoms with E-state index in [1.165, 1.54) is 32.1 Å². The highest BCUT2D eigenvalue weighted by atomic mass is 16.2. The fourth-order valence-corrected chi connectivity index (χ4v) is 3.50. The zero-order chi connectivity index (χ0) is 8.13. The first-order valence-corrected chi connectivity index (χ1v) is 5.11. The van der Waals surface area contributed by atoms with Crippen LogP contribution in [-0.2, 0) is 4.79 Å². The molecule has 0 aromatic heterocycles. The van der Waals surface area contributed by atoms with Crippen LogP contribution in [0, 0.1) is 17.8 Å². The van der Waals surface area contributed by atoms with Crippen molar-refractivity contribution in [3.8, 4) is 0 Å². The van der Waals surface area contributed by atoms with E-state index in [0.29, 0.717) is 17.9 Å². The van der Waals surface area contributed by atoms with Crippen LogP contribution in [0.3, 0.4) is 0 Å². The van der Waals surface area contributed by atoms with Gasteiger partial charge in [0.15, 0.2) is 0 Å². The maximum atomic E-state index is 11.6. The van der Waals surface area contributed by atoms with E-state index in [1.807, 2.05) is 0 Å². The summed E-state index contributed by atoms with van der Waals surface area (Å²) in [5.41, 5.74) is 0. The normalized spacial score (nSPS) is 50.5. The number of nitrogens with one attached hydrogen (secondary N) is 1. The van der Waals surface area contributed by atoms with Gasteiger partial charge >= 0.3 is 0 Å². The molecule has 4 aliphatic rings. The van der Waals surface area contributed by atoms with Crippen LogP contribution in [0.25, 0.3) is 0 Å². The van der Waals surface area contributed by atoms with Gasteiger partial charge in [-0.3, -0.25) is 4.79 Å². The van der Waals surface area contributed by atoms with E-state index in [9.17, 15) is 4.79 Å². The first-order valence-electron chi connectivity index (χ1n) is 5.11. The Hall–Kier alpha value is -0.530. The van der Waals surface area contributed by atoms with Crippen molar-refractivity contribution < 1.29 is 4.79 Å². The van der Waals surface area contributed by atoms with Gasteiger partial charge in [0.1, 0.15) is 0 Å². The third kappa shape index (κ3) is 0.900. The van der Waals surface area contributed by atoms with Crippen LogP contribution in [0.5, 0.6) is 0 Å². The van der Waals surface area contributed by atoms with Crippen molar-refractivity contribution in [2.45, 2.75) is 38.1 Å². The number of hydrogen-bond donors (Lipinski definition) is 1. The number of rotatable bonds is 0. The summed E-state index contributed by atoms with van der Waals surface area (Å²) in [7, 11) is 0. The molecular weight excluding hydrogens is 150 g/mol. The number of fused-ring (bicyclic) bond motifs is 1. The Labute approximate surface area is 72.7 Å². The molecule has 2 aliphatic heterocycles. The predicted octanol–water partition coefficient (Wildman–Crippen LogP) is 1.31. The Bertz CT molecular complexity index is 212. The lowest BCUT2D eigenvalue weighted by Gasteiger charge is -2.36. The maximum Gasteiger partial charge on any atom is 0.223 e. The van der Waals surface area contributed by atoms with Crippen molar-refractivity contribution in [2.24, 2.45) is 17.8 Å². The first-order chi connectivity index (χ1) is 5.81. The molecule has 2 saturated carbocycles.